The Morgan fingerprint density at radius 2 is 1.31 bits per heavy atom. The summed E-state index contributed by atoms with van der Waals surface area (Å²) in [4.78, 5) is 4.99. The van der Waals surface area contributed by atoms with Crippen molar-refractivity contribution in [1.82, 2.24) is 14.8 Å². The van der Waals surface area contributed by atoms with Gasteiger partial charge in [-0.15, -0.1) is 11.3 Å². The molecule has 0 amide bonds. The molecule has 0 aliphatic heterocycles. The number of aromatic nitrogens is 3. The largest absolute Gasteiger partial charge is 0.497 e. The molecule has 0 saturated heterocycles. The Balaban J connectivity index is 1.67. The Labute approximate surface area is 210 Å². The first-order valence-electron chi connectivity index (χ1n) is 11.7. The highest BCUT2D eigenvalue weighted by atomic mass is 32.1. The molecule has 0 atom stereocenters. The van der Waals surface area contributed by atoms with E-state index in [2.05, 4.69) is 76.4 Å². The lowest BCUT2D eigenvalue weighted by Gasteiger charge is -2.09. The van der Waals surface area contributed by atoms with Crippen LogP contribution in [0.15, 0.2) is 66.0 Å². The highest BCUT2D eigenvalue weighted by Gasteiger charge is 2.21. The van der Waals surface area contributed by atoms with E-state index in [0.717, 1.165) is 50.2 Å². The monoisotopic (exact) mass is 479 g/mol. The first kappa shape index (κ1) is 23.1. The van der Waals surface area contributed by atoms with E-state index in [1.54, 1.807) is 18.4 Å². The first-order valence-corrected chi connectivity index (χ1v) is 12.6. The van der Waals surface area contributed by atoms with E-state index in [9.17, 15) is 0 Å². The summed E-state index contributed by atoms with van der Waals surface area (Å²) in [5.41, 5.74) is 12.6. The molecule has 0 aliphatic carbocycles. The number of nitrogens with zero attached hydrogens (tertiary/aromatic N) is 3. The zero-order valence-corrected chi connectivity index (χ0v) is 21.8. The molecule has 35 heavy (non-hydrogen) atoms. The van der Waals surface area contributed by atoms with Crippen LogP contribution in [0, 0.1) is 34.6 Å². The van der Waals surface area contributed by atoms with Gasteiger partial charge in [0.15, 0.2) is 0 Å². The zero-order chi connectivity index (χ0) is 24.7. The van der Waals surface area contributed by atoms with Crippen molar-refractivity contribution in [3.63, 3.8) is 0 Å². The molecule has 4 nitrogen and oxygen atoms in total. The lowest BCUT2D eigenvalue weighted by Crippen LogP contribution is -2.00. The van der Waals surface area contributed by atoms with E-state index in [4.69, 9.17) is 14.8 Å². The zero-order valence-electron chi connectivity index (χ0n) is 21.0. The van der Waals surface area contributed by atoms with Crippen LogP contribution in [0.4, 0.5) is 0 Å². The second-order valence-corrected chi connectivity index (χ2v) is 9.91. The molecule has 5 rings (SSSR count). The Kier molecular flexibility index (Phi) is 6.03. The Bertz CT molecular complexity index is 1530. The average Bonchev–Trinajstić information content (AvgIpc) is 3.48. The average molecular weight is 480 g/mol. The fourth-order valence-corrected chi connectivity index (χ4v) is 5.07. The van der Waals surface area contributed by atoms with Crippen molar-refractivity contribution in [2.45, 2.75) is 34.6 Å². The maximum atomic E-state index is 5.30. The second kappa shape index (κ2) is 9.16. The van der Waals surface area contributed by atoms with Gasteiger partial charge in [0.2, 0.25) is 5.13 Å². The number of hydrogen-bond acceptors (Lipinski definition) is 4. The predicted molar refractivity (Wildman–Crippen MR) is 146 cm³/mol. The van der Waals surface area contributed by atoms with Gasteiger partial charge in [-0.3, -0.25) is 0 Å². The Hall–Kier alpha value is -3.70. The van der Waals surface area contributed by atoms with Crippen molar-refractivity contribution in [2.24, 2.45) is 0 Å². The quantitative estimate of drug-likeness (QED) is 0.257. The third kappa shape index (κ3) is 4.28. The van der Waals surface area contributed by atoms with Gasteiger partial charge < -0.3 is 4.74 Å². The minimum atomic E-state index is 0.835. The molecule has 0 bridgehead atoms. The normalized spacial score (nSPS) is 11.1. The Morgan fingerprint density at radius 3 is 1.94 bits per heavy atom. The summed E-state index contributed by atoms with van der Waals surface area (Å²) in [6.07, 6.45) is 0. The molecule has 5 heteroatoms. The summed E-state index contributed by atoms with van der Waals surface area (Å²) >= 11 is 1.60. The molecule has 0 radical (unpaired) electrons. The van der Waals surface area contributed by atoms with Gasteiger partial charge in [0.05, 0.1) is 24.2 Å². The van der Waals surface area contributed by atoms with Gasteiger partial charge in [-0.1, -0.05) is 24.3 Å². The molecular weight excluding hydrogens is 450 g/mol. The lowest BCUT2D eigenvalue weighted by molar-refractivity contribution is 0.415. The van der Waals surface area contributed by atoms with Crippen LogP contribution in [0.1, 0.15) is 27.8 Å². The number of aryl methyl sites for hydroxylation is 4. The van der Waals surface area contributed by atoms with Crippen molar-refractivity contribution in [3.8, 4) is 44.7 Å². The highest BCUT2D eigenvalue weighted by Crippen LogP contribution is 2.36. The van der Waals surface area contributed by atoms with Crippen LogP contribution in [0.3, 0.4) is 0 Å². The molecule has 2 heterocycles. The standard InChI is InChI=1S/C30H29N3OS/c1-18-7-9-24(15-20(18)3)28-22(5)29(25-10-8-19(2)21(4)16-25)33(32-28)30-31-27(17-35-30)23-11-13-26(34-6)14-12-23/h7-17H,1-6H3. The molecule has 0 aliphatic rings. The molecule has 0 unspecified atom stereocenters. The molecule has 2 aromatic heterocycles. The summed E-state index contributed by atoms with van der Waals surface area (Å²) in [5.74, 6) is 0.835. The number of methoxy groups -OCH3 is 1. The van der Waals surface area contributed by atoms with Crippen molar-refractivity contribution >= 4 is 11.3 Å². The molecular formula is C30H29N3OS. The minimum Gasteiger partial charge on any atom is -0.497 e. The molecule has 176 valence electrons. The van der Waals surface area contributed by atoms with Crippen LogP contribution in [0.25, 0.3) is 38.9 Å². The predicted octanol–water partition coefficient (Wildman–Crippen LogP) is 7.88. The van der Waals surface area contributed by atoms with Crippen LogP contribution < -0.4 is 4.74 Å². The third-order valence-corrected chi connectivity index (χ3v) is 7.56. The van der Waals surface area contributed by atoms with E-state index < -0.39 is 0 Å². The van der Waals surface area contributed by atoms with Crippen LogP contribution in [-0.4, -0.2) is 21.9 Å². The van der Waals surface area contributed by atoms with Gasteiger partial charge in [0.25, 0.3) is 0 Å². The topological polar surface area (TPSA) is 39.9 Å². The van der Waals surface area contributed by atoms with Crippen molar-refractivity contribution in [3.05, 3.63) is 93.9 Å². The lowest BCUT2D eigenvalue weighted by atomic mass is 9.98. The molecule has 3 aromatic carbocycles. The van der Waals surface area contributed by atoms with E-state index in [-0.39, 0.29) is 0 Å². The summed E-state index contributed by atoms with van der Waals surface area (Å²) in [7, 11) is 1.68. The summed E-state index contributed by atoms with van der Waals surface area (Å²) in [6.45, 7) is 10.8. The smallest absolute Gasteiger partial charge is 0.211 e. The van der Waals surface area contributed by atoms with Gasteiger partial charge in [0, 0.05) is 27.6 Å². The number of rotatable bonds is 5. The molecule has 0 spiro atoms. The van der Waals surface area contributed by atoms with Gasteiger partial charge in [-0.2, -0.15) is 5.10 Å². The first-order chi connectivity index (χ1) is 16.9. The maximum Gasteiger partial charge on any atom is 0.211 e. The van der Waals surface area contributed by atoms with Gasteiger partial charge in [-0.25, -0.2) is 9.67 Å². The summed E-state index contributed by atoms with van der Waals surface area (Å²) in [5, 5.41) is 8.07. The highest BCUT2D eigenvalue weighted by molar-refractivity contribution is 7.12. The van der Waals surface area contributed by atoms with Crippen molar-refractivity contribution < 1.29 is 4.74 Å². The van der Waals surface area contributed by atoms with E-state index in [1.165, 1.54) is 22.3 Å². The fourth-order valence-electron chi connectivity index (χ4n) is 4.28. The SMILES string of the molecule is COc1ccc(-c2csc(-n3nc(-c4ccc(C)c(C)c4)c(C)c3-c3ccc(C)c(C)c3)n2)cc1. The summed E-state index contributed by atoms with van der Waals surface area (Å²) in [6, 6.07) is 21.2. The Morgan fingerprint density at radius 1 is 0.714 bits per heavy atom. The van der Waals surface area contributed by atoms with Crippen LogP contribution >= 0.6 is 11.3 Å². The van der Waals surface area contributed by atoms with E-state index in [1.807, 2.05) is 28.9 Å². The fraction of sp³-hybridized carbons (Fsp3) is 0.200. The second-order valence-electron chi connectivity index (χ2n) is 9.08. The third-order valence-electron chi connectivity index (χ3n) is 6.74. The molecule has 0 saturated carbocycles. The molecule has 0 fully saturated rings. The summed E-state index contributed by atoms with van der Waals surface area (Å²) < 4.78 is 7.32. The van der Waals surface area contributed by atoms with Crippen LogP contribution in [0.2, 0.25) is 0 Å². The maximum absolute atomic E-state index is 5.30. The number of benzene rings is 3. The molecule has 5 aromatic rings. The number of hydrogen-bond donors (Lipinski definition) is 0. The van der Waals surface area contributed by atoms with Gasteiger partial charge in [0.1, 0.15) is 5.75 Å². The van der Waals surface area contributed by atoms with Crippen molar-refractivity contribution in [2.75, 3.05) is 7.11 Å². The van der Waals surface area contributed by atoms with Crippen LogP contribution in [-0.2, 0) is 0 Å². The minimum absolute atomic E-state index is 0.835. The van der Waals surface area contributed by atoms with E-state index >= 15 is 0 Å². The van der Waals surface area contributed by atoms with Gasteiger partial charge in [-0.05, 0) is 93.3 Å². The van der Waals surface area contributed by atoms with Crippen LogP contribution in [0.5, 0.6) is 5.75 Å². The molecule has 0 N–H and O–H groups in total. The number of thiazole rings is 1. The van der Waals surface area contributed by atoms with Gasteiger partial charge >= 0.3 is 0 Å². The van der Waals surface area contributed by atoms with E-state index in [0.29, 0.717) is 0 Å². The van der Waals surface area contributed by atoms with Crippen molar-refractivity contribution in [1.29, 1.82) is 0 Å². The number of ether oxygens (including phenoxy) is 1.